The smallest absolute Gasteiger partial charge is 0.255 e. The Morgan fingerprint density at radius 1 is 0.875 bits per heavy atom. The lowest BCUT2D eigenvalue weighted by Gasteiger charge is -2.07. The highest BCUT2D eigenvalue weighted by Crippen LogP contribution is 2.17. The summed E-state index contributed by atoms with van der Waals surface area (Å²) in [6, 6.07) is 20.7. The Hall–Kier alpha value is -3.47. The molecule has 4 aromatic rings. The van der Waals surface area contributed by atoms with Gasteiger partial charge >= 0.3 is 0 Å². The number of amides is 1. The molecule has 2 aromatic heterocycles. The van der Waals surface area contributed by atoms with Gasteiger partial charge in [0.15, 0.2) is 0 Å². The number of carbonyl (C=O) groups is 1. The highest BCUT2D eigenvalue weighted by molar-refractivity contribution is 6.04. The van der Waals surface area contributed by atoms with Crippen LogP contribution in [0.2, 0.25) is 0 Å². The van der Waals surface area contributed by atoms with Gasteiger partial charge in [0.05, 0.1) is 22.9 Å². The van der Waals surface area contributed by atoms with Crippen molar-refractivity contribution in [2.75, 3.05) is 5.32 Å². The summed E-state index contributed by atoms with van der Waals surface area (Å²) in [5, 5.41) is 2.84. The van der Waals surface area contributed by atoms with Crippen molar-refractivity contribution in [3.63, 3.8) is 0 Å². The maximum Gasteiger partial charge on any atom is 0.255 e. The zero-order chi connectivity index (χ0) is 16.4. The first-order valence-corrected chi connectivity index (χ1v) is 7.56. The average Bonchev–Trinajstić information content (AvgIpc) is 3.07. The summed E-state index contributed by atoms with van der Waals surface area (Å²) in [4.78, 5) is 20.9. The van der Waals surface area contributed by atoms with Crippen LogP contribution in [0.5, 0.6) is 0 Å². The molecule has 0 aliphatic rings. The third-order valence-corrected chi connectivity index (χ3v) is 3.74. The van der Waals surface area contributed by atoms with Gasteiger partial charge in [-0.2, -0.15) is 0 Å². The van der Waals surface area contributed by atoms with Crippen LogP contribution in [-0.2, 0) is 0 Å². The zero-order valence-corrected chi connectivity index (χ0v) is 12.8. The van der Waals surface area contributed by atoms with Gasteiger partial charge in [0.1, 0.15) is 12.1 Å². The van der Waals surface area contributed by atoms with E-state index in [9.17, 15) is 4.79 Å². The number of pyridine rings is 1. The molecule has 0 bridgehead atoms. The molecular formula is C19H14N4O. The first kappa shape index (κ1) is 14.1. The fraction of sp³-hybridized carbons (Fsp3) is 0. The Balaban J connectivity index is 1.58. The summed E-state index contributed by atoms with van der Waals surface area (Å²) in [7, 11) is 0. The van der Waals surface area contributed by atoms with Gasteiger partial charge in [-0.3, -0.25) is 9.36 Å². The molecule has 1 N–H and O–H groups in total. The molecule has 0 aliphatic heterocycles. The molecule has 5 nitrogen and oxygen atoms in total. The minimum Gasteiger partial charge on any atom is -0.321 e. The minimum atomic E-state index is -0.154. The number of imidazole rings is 1. The fourth-order valence-electron chi connectivity index (χ4n) is 2.54. The second kappa shape index (κ2) is 5.96. The van der Waals surface area contributed by atoms with Gasteiger partial charge < -0.3 is 5.32 Å². The summed E-state index contributed by atoms with van der Waals surface area (Å²) in [6.07, 6.45) is 3.39. The summed E-state index contributed by atoms with van der Waals surface area (Å²) in [5.41, 5.74) is 3.17. The Bertz CT molecular complexity index is 991. The van der Waals surface area contributed by atoms with Crippen molar-refractivity contribution in [1.29, 1.82) is 0 Å². The molecule has 0 radical (unpaired) electrons. The predicted octanol–water partition coefficient (Wildman–Crippen LogP) is 3.67. The van der Waals surface area contributed by atoms with Crippen LogP contribution in [0.15, 0.2) is 79.3 Å². The van der Waals surface area contributed by atoms with Crippen molar-refractivity contribution in [3.05, 3.63) is 84.8 Å². The molecule has 0 saturated carbocycles. The normalized spacial score (nSPS) is 10.7. The maximum absolute atomic E-state index is 12.1. The van der Waals surface area contributed by atoms with Gasteiger partial charge in [-0.1, -0.05) is 30.3 Å². The Morgan fingerprint density at radius 2 is 1.67 bits per heavy atom. The zero-order valence-electron chi connectivity index (χ0n) is 12.8. The molecule has 1 amide bonds. The Morgan fingerprint density at radius 3 is 2.46 bits per heavy atom. The van der Waals surface area contributed by atoms with Crippen LogP contribution in [0.1, 0.15) is 10.4 Å². The SMILES string of the molecule is O=C(Nc1ccc(-n2cnc3ccccc32)nc1)c1ccccc1. The van der Waals surface area contributed by atoms with Crippen molar-refractivity contribution >= 4 is 22.6 Å². The fourth-order valence-corrected chi connectivity index (χ4v) is 2.54. The van der Waals surface area contributed by atoms with E-state index in [1.165, 1.54) is 0 Å². The summed E-state index contributed by atoms with van der Waals surface area (Å²) < 4.78 is 1.91. The van der Waals surface area contributed by atoms with E-state index in [1.54, 1.807) is 24.7 Å². The maximum atomic E-state index is 12.1. The number of aromatic nitrogens is 3. The molecule has 0 fully saturated rings. The molecule has 2 heterocycles. The standard InChI is InChI=1S/C19H14N4O/c24-19(14-6-2-1-3-7-14)22-15-10-11-18(20-12-15)23-13-21-16-8-4-5-9-17(16)23/h1-13H,(H,22,24). The number of benzene rings is 2. The predicted molar refractivity (Wildman–Crippen MR) is 93.3 cm³/mol. The minimum absolute atomic E-state index is 0.154. The van der Waals surface area contributed by atoms with E-state index in [-0.39, 0.29) is 5.91 Å². The van der Waals surface area contributed by atoms with Gasteiger partial charge in [0.25, 0.3) is 5.91 Å². The summed E-state index contributed by atoms with van der Waals surface area (Å²) in [6.45, 7) is 0. The number of hydrogen-bond donors (Lipinski definition) is 1. The first-order chi connectivity index (χ1) is 11.8. The number of nitrogens with one attached hydrogen (secondary N) is 1. The number of rotatable bonds is 3. The van der Waals surface area contributed by atoms with Crippen molar-refractivity contribution in [2.24, 2.45) is 0 Å². The van der Waals surface area contributed by atoms with Gasteiger partial charge in [-0.25, -0.2) is 9.97 Å². The van der Waals surface area contributed by atoms with Crippen molar-refractivity contribution in [1.82, 2.24) is 14.5 Å². The number of hydrogen-bond acceptors (Lipinski definition) is 3. The third-order valence-electron chi connectivity index (χ3n) is 3.74. The van der Waals surface area contributed by atoms with Gasteiger partial charge in [-0.15, -0.1) is 0 Å². The second-order valence-corrected chi connectivity index (χ2v) is 5.33. The highest BCUT2D eigenvalue weighted by Gasteiger charge is 2.07. The van der Waals surface area contributed by atoms with Crippen molar-refractivity contribution < 1.29 is 4.79 Å². The molecule has 4 rings (SSSR count). The summed E-state index contributed by atoms with van der Waals surface area (Å²) in [5.74, 6) is 0.597. The Labute approximate surface area is 138 Å². The molecule has 2 aromatic carbocycles. The number of para-hydroxylation sites is 2. The Kier molecular flexibility index (Phi) is 3.51. The van der Waals surface area contributed by atoms with Gasteiger partial charge in [0, 0.05) is 5.56 Å². The summed E-state index contributed by atoms with van der Waals surface area (Å²) >= 11 is 0. The lowest BCUT2D eigenvalue weighted by atomic mass is 10.2. The largest absolute Gasteiger partial charge is 0.321 e. The second-order valence-electron chi connectivity index (χ2n) is 5.33. The van der Waals surface area contributed by atoms with E-state index < -0.39 is 0 Å². The van der Waals surface area contributed by atoms with Crippen LogP contribution in [-0.4, -0.2) is 20.4 Å². The number of fused-ring (bicyclic) bond motifs is 1. The first-order valence-electron chi connectivity index (χ1n) is 7.56. The van der Waals surface area contributed by atoms with E-state index in [1.807, 2.05) is 59.2 Å². The van der Waals surface area contributed by atoms with E-state index in [2.05, 4.69) is 15.3 Å². The van der Waals surface area contributed by atoms with Crippen molar-refractivity contribution in [2.45, 2.75) is 0 Å². The molecule has 0 aliphatic carbocycles. The molecule has 116 valence electrons. The van der Waals surface area contributed by atoms with Crippen molar-refractivity contribution in [3.8, 4) is 5.82 Å². The lowest BCUT2D eigenvalue weighted by Crippen LogP contribution is -2.12. The number of anilines is 1. The highest BCUT2D eigenvalue weighted by atomic mass is 16.1. The van der Waals surface area contributed by atoms with Gasteiger partial charge in [-0.05, 0) is 36.4 Å². The molecule has 0 atom stereocenters. The van der Waals surface area contributed by atoms with Gasteiger partial charge in [0.2, 0.25) is 0 Å². The van der Waals surface area contributed by atoms with Crippen LogP contribution in [0.25, 0.3) is 16.9 Å². The molecule has 0 spiro atoms. The van der Waals surface area contributed by atoms with E-state index in [4.69, 9.17) is 0 Å². The molecule has 0 unspecified atom stereocenters. The monoisotopic (exact) mass is 314 g/mol. The van der Waals surface area contributed by atoms with Crippen LogP contribution in [0, 0.1) is 0 Å². The molecule has 0 saturated heterocycles. The van der Waals surface area contributed by atoms with Crippen LogP contribution < -0.4 is 5.32 Å². The van der Waals surface area contributed by atoms with E-state index in [0.29, 0.717) is 11.3 Å². The van der Waals surface area contributed by atoms with Crippen LogP contribution >= 0.6 is 0 Å². The molecule has 24 heavy (non-hydrogen) atoms. The number of carbonyl (C=O) groups excluding carboxylic acids is 1. The van der Waals surface area contributed by atoms with E-state index in [0.717, 1.165) is 16.9 Å². The average molecular weight is 314 g/mol. The molecule has 5 heteroatoms. The topological polar surface area (TPSA) is 59.8 Å². The van der Waals surface area contributed by atoms with Crippen LogP contribution in [0.3, 0.4) is 0 Å². The quantitative estimate of drug-likeness (QED) is 0.627. The number of nitrogens with zero attached hydrogens (tertiary/aromatic N) is 3. The van der Waals surface area contributed by atoms with Crippen LogP contribution in [0.4, 0.5) is 5.69 Å². The lowest BCUT2D eigenvalue weighted by molar-refractivity contribution is 0.102. The molecular weight excluding hydrogens is 300 g/mol. The third kappa shape index (κ3) is 2.63. The van der Waals surface area contributed by atoms with E-state index >= 15 is 0 Å².